The van der Waals surface area contributed by atoms with Crippen LogP contribution in [0.15, 0.2) is 49.6 Å². The number of allylic oxidation sites excluding steroid dienone is 4. The summed E-state index contributed by atoms with van der Waals surface area (Å²) in [6.07, 6.45) is 3.78. The minimum atomic E-state index is 1.22. The Bertz CT molecular complexity index is 344. The van der Waals surface area contributed by atoms with E-state index in [2.05, 4.69) is 25.3 Å². The molecule has 0 saturated heterocycles. The zero-order valence-electron chi connectivity index (χ0n) is 6.88. The summed E-state index contributed by atoms with van der Waals surface area (Å²) in [6.45, 7) is 7.55. The van der Waals surface area contributed by atoms with Crippen molar-refractivity contribution < 1.29 is 0 Å². The van der Waals surface area contributed by atoms with Crippen molar-refractivity contribution >= 4 is 11.1 Å². The lowest BCUT2D eigenvalue weighted by molar-refractivity contribution is 1.50. The van der Waals surface area contributed by atoms with E-state index in [1.807, 2.05) is 24.3 Å². The van der Waals surface area contributed by atoms with E-state index in [-0.39, 0.29) is 0 Å². The molecule has 0 bridgehead atoms. The van der Waals surface area contributed by atoms with E-state index in [0.717, 1.165) is 0 Å². The first-order valence-corrected chi connectivity index (χ1v) is 3.97. The van der Waals surface area contributed by atoms with Crippen LogP contribution < -0.4 is 0 Å². The quantitative estimate of drug-likeness (QED) is 0.613. The molecule has 0 radical (unpaired) electrons. The van der Waals surface area contributed by atoms with Crippen LogP contribution in [0.3, 0.4) is 0 Å². The second-order valence-electron chi connectivity index (χ2n) is 2.78. The molecular formula is C12H10. The van der Waals surface area contributed by atoms with Crippen LogP contribution in [0.1, 0.15) is 11.1 Å². The molecule has 0 heteroatoms. The third-order valence-corrected chi connectivity index (χ3v) is 2.21. The van der Waals surface area contributed by atoms with E-state index in [0.29, 0.717) is 0 Å². The maximum atomic E-state index is 3.77. The van der Waals surface area contributed by atoms with E-state index >= 15 is 0 Å². The summed E-state index contributed by atoms with van der Waals surface area (Å²) >= 11 is 0. The van der Waals surface area contributed by atoms with Crippen molar-refractivity contribution in [3.8, 4) is 0 Å². The number of hydrogen-bond acceptors (Lipinski definition) is 0. The van der Waals surface area contributed by atoms with Gasteiger partial charge < -0.3 is 0 Å². The van der Waals surface area contributed by atoms with Crippen LogP contribution in [0.25, 0.3) is 11.1 Å². The van der Waals surface area contributed by atoms with Crippen LogP contribution in [0, 0.1) is 0 Å². The van der Waals surface area contributed by atoms with E-state index in [9.17, 15) is 0 Å². The fourth-order valence-electron chi connectivity index (χ4n) is 1.62. The molecule has 0 nitrogen and oxygen atoms in total. The van der Waals surface area contributed by atoms with Gasteiger partial charge in [-0.2, -0.15) is 0 Å². The summed E-state index contributed by atoms with van der Waals surface area (Å²) in [5.74, 6) is 0. The lowest BCUT2D eigenvalue weighted by Crippen LogP contribution is -2.02. The van der Waals surface area contributed by atoms with Crippen molar-refractivity contribution in [3.05, 3.63) is 60.7 Å². The van der Waals surface area contributed by atoms with Crippen molar-refractivity contribution in [2.45, 2.75) is 0 Å². The van der Waals surface area contributed by atoms with Gasteiger partial charge in [-0.25, -0.2) is 0 Å². The van der Waals surface area contributed by atoms with Crippen molar-refractivity contribution in [3.63, 3.8) is 0 Å². The highest BCUT2D eigenvalue weighted by molar-refractivity contribution is 6.10. The summed E-state index contributed by atoms with van der Waals surface area (Å²) in [5.41, 5.74) is 5.03. The average molecular weight is 154 g/mol. The van der Waals surface area contributed by atoms with Crippen molar-refractivity contribution in [1.82, 2.24) is 0 Å². The molecule has 1 aromatic carbocycles. The molecular weight excluding hydrogens is 144 g/mol. The van der Waals surface area contributed by atoms with Crippen molar-refractivity contribution in [2.75, 3.05) is 0 Å². The molecule has 1 aromatic rings. The Hall–Kier alpha value is -1.56. The third-order valence-electron chi connectivity index (χ3n) is 2.21. The Morgan fingerprint density at radius 1 is 0.833 bits per heavy atom. The second kappa shape index (κ2) is 2.49. The fraction of sp³-hybridized carbons (Fsp3) is 0. The molecule has 12 heavy (non-hydrogen) atoms. The highest BCUT2D eigenvalue weighted by atomic mass is 14.2. The summed E-state index contributed by atoms with van der Waals surface area (Å²) in [5, 5.41) is 0. The standard InChI is InChI=1S/C12H10/c1-3-9-10(4-2)12-8-6-5-7-11(9)12/h3-8H,1-2H2. The maximum absolute atomic E-state index is 3.77. The molecule has 1 aliphatic rings. The molecule has 58 valence electrons. The van der Waals surface area contributed by atoms with Gasteiger partial charge in [0.15, 0.2) is 0 Å². The van der Waals surface area contributed by atoms with Crippen molar-refractivity contribution in [1.29, 1.82) is 0 Å². The van der Waals surface area contributed by atoms with Crippen LogP contribution in [-0.2, 0) is 0 Å². The van der Waals surface area contributed by atoms with E-state index < -0.39 is 0 Å². The van der Waals surface area contributed by atoms with E-state index in [1.165, 1.54) is 22.3 Å². The minimum Gasteiger partial charge on any atom is -0.0984 e. The van der Waals surface area contributed by atoms with Crippen LogP contribution in [0.5, 0.6) is 0 Å². The molecule has 0 fully saturated rings. The van der Waals surface area contributed by atoms with Gasteiger partial charge in [0.25, 0.3) is 0 Å². The van der Waals surface area contributed by atoms with E-state index in [1.54, 1.807) is 0 Å². The highest BCUT2D eigenvalue weighted by Crippen LogP contribution is 2.40. The fourth-order valence-corrected chi connectivity index (χ4v) is 1.62. The second-order valence-corrected chi connectivity index (χ2v) is 2.78. The largest absolute Gasteiger partial charge is 0.0984 e. The van der Waals surface area contributed by atoms with Crippen molar-refractivity contribution in [2.24, 2.45) is 0 Å². The van der Waals surface area contributed by atoms with Gasteiger partial charge in [0.05, 0.1) is 0 Å². The zero-order valence-corrected chi connectivity index (χ0v) is 6.88. The first-order valence-electron chi connectivity index (χ1n) is 3.97. The first kappa shape index (κ1) is 7.11. The SMILES string of the molecule is C=CC1=C(C=C)c2ccccc21. The molecule has 2 rings (SSSR count). The monoisotopic (exact) mass is 154 g/mol. The Morgan fingerprint density at radius 2 is 1.25 bits per heavy atom. The molecule has 1 aliphatic carbocycles. The molecule has 0 amide bonds. The Morgan fingerprint density at radius 3 is 1.58 bits per heavy atom. The molecule has 0 unspecified atom stereocenters. The summed E-state index contributed by atoms with van der Waals surface area (Å²) in [6, 6.07) is 8.31. The summed E-state index contributed by atoms with van der Waals surface area (Å²) in [7, 11) is 0. The first-order chi connectivity index (χ1) is 5.88. The summed E-state index contributed by atoms with van der Waals surface area (Å²) < 4.78 is 0. The van der Waals surface area contributed by atoms with Gasteiger partial charge in [0.1, 0.15) is 0 Å². The topological polar surface area (TPSA) is 0 Å². The van der Waals surface area contributed by atoms with Gasteiger partial charge in [0, 0.05) is 0 Å². The lowest BCUT2D eigenvalue weighted by atomic mass is 9.81. The van der Waals surface area contributed by atoms with Crippen LogP contribution in [-0.4, -0.2) is 0 Å². The number of rotatable bonds is 2. The number of hydrogen-bond donors (Lipinski definition) is 0. The third kappa shape index (κ3) is 0.722. The van der Waals surface area contributed by atoms with Gasteiger partial charge in [-0.15, -0.1) is 0 Å². The molecule has 0 spiro atoms. The van der Waals surface area contributed by atoms with Gasteiger partial charge >= 0.3 is 0 Å². The molecule has 0 aliphatic heterocycles. The minimum absolute atomic E-state index is 1.22. The Labute approximate surface area is 72.5 Å². The predicted molar refractivity (Wildman–Crippen MR) is 53.7 cm³/mol. The number of benzene rings is 1. The zero-order chi connectivity index (χ0) is 8.55. The lowest BCUT2D eigenvalue weighted by Gasteiger charge is -2.23. The molecule has 0 aromatic heterocycles. The maximum Gasteiger partial charge on any atom is -0.00992 e. The van der Waals surface area contributed by atoms with Crippen LogP contribution in [0.2, 0.25) is 0 Å². The number of fused-ring (bicyclic) bond motifs is 1. The molecule has 0 N–H and O–H groups in total. The van der Waals surface area contributed by atoms with Crippen LogP contribution in [0.4, 0.5) is 0 Å². The molecule has 0 saturated carbocycles. The Balaban J connectivity index is 2.60. The normalized spacial score (nSPS) is 13.3. The smallest absolute Gasteiger partial charge is 0.00992 e. The summed E-state index contributed by atoms with van der Waals surface area (Å²) in [4.78, 5) is 0. The highest BCUT2D eigenvalue weighted by Gasteiger charge is 2.19. The van der Waals surface area contributed by atoms with Crippen LogP contribution >= 0.6 is 0 Å². The molecule has 0 atom stereocenters. The molecule has 0 heterocycles. The van der Waals surface area contributed by atoms with Gasteiger partial charge in [-0.3, -0.25) is 0 Å². The van der Waals surface area contributed by atoms with Gasteiger partial charge in [0.2, 0.25) is 0 Å². The Kier molecular flexibility index (Phi) is 1.47. The average Bonchev–Trinajstić information content (AvgIpc) is 2.08. The predicted octanol–water partition coefficient (Wildman–Crippen LogP) is 3.28. The van der Waals surface area contributed by atoms with Gasteiger partial charge in [-0.05, 0) is 22.3 Å². The van der Waals surface area contributed by atoms with E-state index in [4.69, 9.17) is 0 Å². The van der Waals surface area contributed by atoms with Gasteiger partial charge in [-0.1, -0.05) is 49.6 Å².